The average molecular weight is 342 g/mol. The second-order valence-corrected chi connectivity index (χ2v) is 6.05. The van der Waals surface area contributed by atoms with E-state index >= 15 is 0 Å². The van der Waals surface area contributed by atoms with Crippen LogP contribution in [0.15, 0.2) is 41.1 Å². The van der Waals surface area contributed by atoms with Gasteiger partial charge in [0.1, 0.15) is 18.2 Å². The fraction of sp³-hybridized carbons (Fsp3) is 0.444. The molecule has 1 atom stereocenters. The summed E-state index contributed by atoms with van der Waals surface area (Å²) < 4.78 is 10.7. The van der Waals surface area contributed by atoms with Crippen molar-refractivity contribution in [2.45, 2.75) is 12.7 Å². The number of aliphatic hydroxyl groups excluding tert-OH is 1. The maximum atomic E-state index is 10.1. The molecule has 1 fully saturated rings. The van der Waals surface area contributed by atoms with Gasteiger partial charge in [0.2, 0.25) is 0 Å². The zero-order valence-electron chi connectivity index (χ0n) is 14.0. The smallest absolute Gasteiger partial charge is 0.129 e. The van der Waals surface area contributed by atoms with Gasteiger partial charge in [-0.05, 0) is 24.3 Å². The second kappa shape index (κ2) is 8.62. The van der Waals surface area contributed by atoms with Gasteiger partial charge in [0.25, 0.3) is 0 Å². The molecule has 0 radical (unpaired) electrons. The number of hydrogen-bond donors (Lipinski definition) is 1. The number of nitrogens with zero attached hydrogens (tertiary/aromatic N) is 4. The Balaban J connectivity index is 1.39. The maximum Gasteiger partial charge on any atom is 0.129 e. The fourth-order valence-corrected chi connectivity index (χ4v) is 2.86. The quantitative estimate of drug-likeness (QED) is 0.810. The van der Waals surface area contributed by atoms with Crippen LogP contribution >= 0.6 is 0 Å². The van der Waals surface area contributed by atoms with Crippen molar-refractivity contribution in [1.29, 1.82) is 5.26 Å². The van der Waals surface area contributed by atoms with Crippen LogP contribution in [-0.4, -0.2) is 60.4 Å². The monoisotopic (exact) mass is 342 g/mol. The molecule has 0 spiro atoms. The van der Waals surface area contributed by atoms with Crippen LogP contribution in [0.2, 0.25) is 0 Å². The van der Waals surface area contributed by atoms with Gasteiger partial charge in [-0.2, -0.15) is 5.26 Å². The Morgan fingerprint density at radius 2 is 2.16 bits per heavy atom. The number of aliphatic hydroxyl groups is 1. The Morgan fingerprint density at radius 1 is 1.32 bits per heavy atom. The molecule has 2 aromatic rings. The minimum atomic E-state index is -0.526. The van der Waals surface area contributed by atoms with Crippen molar-refractivity contribution in [1.82, 2.24) is 9.88 Å². The van der Waals surface area contributed by atoms with E-state index in [-0.39, 0.29) is 6.61 Å². The molecule has 1 aliphatic rings. The van der Waals surface area contributed by atoms with E-state index in [1.165, 1.54) is 0 Å². The fourth-order valence-electron chi connectivity index (χ4n) is 2.86. The highest BCUT2D eigenvalue weighted by Gasteiger charge is 2.20. The third-order valence-electron chi connectivity index (χ3n) is 4.17. The Labute approximate surface area is 147 Å². The molecule has 7 heteroatoms. The van der Waals surface area contributed by atoms with E-state index in [9.17, 15) is 5.11 Å². The summed E-state index contributed by atoms with van der Waals surface area (Å²) in [5.74, 6) is 1.59. The number of β-amino-alcohol motifs (C(OH)–C–C–N with tert-alkyl or cyclic N) is 1. The van der Waals surface area contributed by atoms with Crippen LogP contribution < -0.4 is 4.90 Å². The molecule has 0 amide bonds. The summed E-state index contributed by atoms with van der Waals surface area (Å²) in [6, 6.07) is 9.32. The molecule has 0 aromatic carbocycles. The number of ether oxygens (including phenoxy) is 1. The minimum Gasteiger partial charge on any atom is -0.467 e. The molecule has 0 unspecified atom stereocenters. The molecular weight excluding hydrogens is 320 g/mol. The van der Waals surface area contributed by atoms with Gasteiger partial charge >= 0.3 is 0 Å². The Morgan fingerprint density at radius 3 is 2.88 bits per heavy atom. The molecule has 132 valence electrons. The van der Waals surface area contributed by atoms with E-state index < -0.39 is 6.10 Å². The van der Waals surface area contributed by atoms with Crippen LogP contribution in [0.4, 0.5) is 5.82 Å². The van der Waals surface area contributed by atoms with Crippen LogP contribution in [0.25, 0.3) is 0 Å². The average Bonchev–Trinajstić information content (AvgIpc) is 3.16. The SMILES string of the molecule is N#Cc1ccnc(N2CCN(C[C@H](O)COCc3ccco3)CC2)c1. The number of pyridine rings is 1. The number of hydrogen-bond acceptors (Lipinski definition) is 7. The van der Waals surface area contributed by atoms with Crippen molar-refractivity contribution in [2.24, 2.45) is 0 Å². The van der Waals surface area contributed by atoms with Gasteiger partial charge in [0.15, 0.2) is 0 Å². The number of aromatic nitrogens is 1. The lowest BCUT2D eigenvalue weighted by atomic mass is 10.2. The van der Waals surface area contributed by atoms with E-state index in [1.54, 1.807) is 18.5 Å². The number of rotatable bonds is 7. The van der Waals surface area contributed by atoms with Gasteiger partial charge in [0.05, 0.1) is 30.6 Å². The zero-order chi connectivity index (χ0) is 17.5. The lowest BCUT2D eigenvalue weighted by molar-refractivity contribution is 0.00440. The standard InChI is InChI=1S/C18H22N4O3/c19-11-15-3-4-20-18(10-15)22-7-5-21(6-8-22)12-16(23)13-24-14-17-2-1-9-25-17/h1-4,9-10,16,23H,5-8,12-14H2/t16-/m0/s1. The van der Waals surface area contributed by atoms with Crippen molar-refractivity contribution >= 4 is 5.82 Å². The zero-order valence-corrected chi connectivity index (χ0v) is 14.0. The van der Waals surface area contributed by atoms with E-state index in [4.69, 9.17) is 14.4 Å². The summed E-state index contributed by atoms with van der Waals surface area (Å²) in [4.78, 5) is 8.72. The van der Waals surface area contributed by atoms with Crippen molar-refractivity contribution in [3.63, 3.8) is 0 Å². The summed E-state index contributed by atoms with van der Waals surface area (Å²) in [5, 5.41) is 19.1. The van der Waals surface area contributed by atoms with Crippen molar-refractivity contribution in [2.75, 3.05) is 44.2 Å². The summed E-state index contributed by atoms with van der Waals surface area (Å²) >= 11 is 0. The predicted molar refractivity (Wildman–Crippen MR) is 92.0 cm³/mol. The molecule has 1 N–H and O–H groups in total. The molecule has 3 heterocycles. The van der Waals surface area contributed by atoms with Gasteiger partial charge in [-0.3, -0.25) is 4.90 Å². The lowest BCUT2D eigenvalue weighted by Gasteiger charge is -2.36. The van der Waals surface area contributed by atoms with E-state index in [1.807, 2.05) is 18.2 Å². The highest BCUT2D eigenvalue weighted by Crippen LogP contribution is 2.15. The highest BCUT2D eigenvalue weighted by atomic mass is 16.5. The molecule has 0 aliphatic carbocycles. The molecular formula is C18H22N4O3. The molecule has 7 nitrogen and oxygen atoms in total. The first-order chi connectivity index (χ1) is 12.2. The van der Waals surface area contributed by atoms with Crippen molar-refractivity contribution in [3.8, 4) is 6.07 Å². The lowest BCUT2D eigenvalue weighted by Crippen LogP contribution is -2.49. The van der Waals surface area contributed by atoms with E-state index in [0.29, 0.717) is 18.7 Å². The largest absolute Gasteiger partial charge is 0.467 e. The van der Waals surface area contributed by atoms with Crippen molar-refractivity contribution < 1.29 is 14.3 Å². The molecule has 3 rings (SSSR count). The number of anilines is 1. The van der Waals surface area contributed by atoms with Crippen LogP contribution in [0.1, 0.15) is 11.3 Å². The normalized spacial score (nSPS) is 16.6. The summed E-state index contributed by atoms with van der Waals surface area (Å²) in [6.07, 6.45) is 2.75. The van der Waals surface area contributed by atoms with Crippen LogP contribution in [-0.2, 0) is 11.3 Å². The van der Waals surface area contributed by atoms with Gasteiger partial charge in [-0.15, -0.1) is 0 Å². The molecule has 0 bridgehead atoms. The topological polar surface area (TPSA) is 85.8 Å². The molecule has 1 aliphatic heterocycles. The second-order valence-electron chi connectivity index (χ2n) is 6.05. The molecule has 1 saturated heterocycles. The number of nitriles is 1. The minimum absolute atomic E-state index is 0.284. The summed E-state index contributed by atoms with van der Waals surface area (Å²) in [7, 11) is 0. The van der Waals surface area contributed by atoms with E-state index in [2.05, 4.69) is 20.9 Å². The van der Waals surface area contributed by atoms with Crippen LogP contribution in [0.3, 0.4) is 0 Å². The van der Waals surface area contributed by atoms with Gasteiger partial charge in [-0.1, -0.05) is 0 Å². The number of furan rings is 1. The Bertz CT molecular complexity index is 691. The third kappa shape index (κ3) is 5.03. The van der Waals surface area contributed by atoms with Crippen LogP contribution in [0.5, 0.6) is 0 Å². The van der Waals surface area contributed by atoms with Crippen LogP contribution in [0, 0.1) is 11.3 Å². The highest BCUT2D eigenvalue weighted by molar-refractivity contribution is 5.45. The molecule has 2 aromatic heterocycles. The molecule has 25 heavy (non-hydrogen) atoms. The first-order valence-electron chi connectivity index (χ1n) is 8.36. The van der Waals surface area contributed by atoms with Gasteiger partial charge in [-0.25, -0.2) is 4.98 Å². The maximum absolute atomic E-state index is 10.1. The van der Waals surface area contributed by atoms with E-state index in [0.717, 1.165) is 37.8 Å². The Hall–Kier alpha value is -2.40. The predicted octanol–water partition coefficient (Wildman–Crippen LogP) is 1.25. The third-order valence-corrected chi connectivity index (χ3v) is 4.17. The van der Waals surface area contributed by atoms with Gasteiger partial charge in [0, 0.05) is 38.9 Å². The Kier molecular flexibility index (Phi) is 6.01. The first-order valence-corrected chi connectivity index (χ1v) is 8.36. The summed E-state index contributed by atoms with van der Waals surface area (Å²) in [5.41, 5.74) is 0.622. The number of piperazine rings is 1. The van der Waals surface area contributed by atoms with Gasteiger partial charge < -0.3 is 19.2 Å². The first kappa shape index (κ1) is 17.4. The van der Waals surface area contributed by atoms with Crippen molar-refractivity contribution in [3.05, 3.63) is 48.0 Å². The molecule has 0 saturated carbocycles. The summed E-state index contributed by atoms with van der Waals surface area (Å²) in [6.45, 7) is 4.56.